The normalized spacial score (nSPS) is 26.0. The van der Waals surface area contributed by atoms with Gasteiger partial charge in [-0.3, -0.25) is 9.79 Å². The van der Waals surface area contributed by atoms with Crippen LogP contribution in [0.4, 0.5) is 0 Å². The Morgan fingerprint density at radius 2 is 2.12 bits per heavy atom. The van der Waals surface area contributed by atoms with Crippen LogP contribution < -0.4 is 5.32 Å². The van der Waals surface area contributed by atoms with E-state index in [9.17, 15) is 4.79 Å². The van der Waals surface area contributed by atoms with E-state index in [4.69, 9.17) is 9.73 Å². The van der Waals surface area contributed by atoms with Crippen molar-refractivity contribution in [2.75, 3.05) is 6.54 Å². The van der Waals surface area contributed by atoms with E-state index >= 15 is 0 Å². The van der Waals surface area contributed by atoms with Crippen LogP contribution in [0, 0.1) is 0 Å². The summed E-state index contributed by atoms with van der Waals surface area (Å²) in [5.74, 6) is 0.132. The zero-order valence-electron chi connectivity index (χ0n) is 14.2. The fourth-order valence-corrected chi connectivity index (χ4v) is 5.10. The summed E-state index contributed by atoms with van der Waals surface area (Å²) in [5, 5.41) is 6.15. The third-order valence-corrected chi connectivity index (χ3v) is 6.65. The highest BCUT2D eigenvalue weighted by Gasteiger charge is 2.43. The molecule has 0 aliphatic carbocycles. The van der Waals surface area contributed by atoms with E-state index in [-0.39, 0.29) is 23.2 Å². The average Bonchev–Trinajstić information content (AvgIpc) is 3.43. The van der Waals surface area contributed by atoms with Crippen LogP contribution in [0.5, 0.6) is 0 Å². The van der Waals surface area contributed by atoms with Crippen LogP contribution in [0.3, 0.4) is 0 Å². The van der Waals surface area contributed by atoms with Gasteiger partial charge in [0, 0.05) is 29.8 Å². The lowest BCUT2D eigenvalue weighted by molar-refractivity contribution is 0.0915. The molecule has 6 heteroatoms. The lowest BCUT2D eigenvalue weighted by atomic mass is 9.98. The van der Waals surface area contributed by atoms with Crippen LogP contribution in [0.15, 0.2) is 65.2 Å². The maximum absolute atomic E-state index is 13.0. The molecule has 1 fully saturated rings. The highest BCUT2D eigenvalue weighted by atomic mass is 32.2. The molecule has 1 N–H and O–H groups in total. The fourth-order valence-electron chi connectivity index (χ4n) is 3.16. The molecular weight excluding hydrogens is 364 g/mol. The van der Waals surface area contributed by atoms with Crippen LogP contribution in [0.2, 0.25) is 0 Å². The molecule has 3 unspecified atom stereocenters. The van der Waals surface area contributed by atoms with E-state index in [2.05, 4.69) is 22.8 Å². The summed E-state index contributed by atoms with van der Waals surface area (Å²) in [4.78, 5) is 19.1. The van der Waals surface area contributed by atoms with Crippen molar-refractivity contribution >= 4 is 34.0 Å². The quantitative estimate of drug-likeness (QED) is 0.768. The van der Waals surface area contributed by atoms with Gasteiger partial charge in [-0.15, -0.1) is 11.3 Å². The fraction of sp³-hybridized carbons (Fsp3) is 0.300. The van der Waals surface area contributed by atoms with Crippen LogP contribution in [0.1, 0.15) is 21.7 Å². The monoisotopic (exact) mass is 384 g/mol. The number of nitrogens with one attached hydrogen (secondary N) is 1. The molecule has 4 nitrogen and oxygen atoms in total. The van der Waals surface area contributed by atoms with E-state index in [1.165, 1.54) is 16.6 Å². The summed E-state index contributed by atoms with van der Waals surface area (Å²) in [5.41, 5.74) is 0.739. The van der Waals surface area contributed by atoms with Crippen LogP contribution in [0.25, 0.3) is 0 Å². The topological polar surface area (TPSA) is 50.7 Å². The van der Waals surface area contributed by atoms with Crippen LogP contribution >= 0.6 is 23.1 Å². The number of carbonyl (C=O) groups is 1. The molecule has 1 aromatic carbocycles. The van der Waals surface area contributed by atoms with E-state index < -0.39 is 0 Å². The van der Waals surface area contributed by atoms with Crippen molar-refractivity contribution in [2.45, 2.75) is 30.2 Å². The second kappa shape index (κ2) is 8.10. The summed E-state index contributed by atoms with van der Waals surface area (Å²) >= 11 is 3.28. The lowest BCUT2D eigenvalue weighted by Crippen LogP contribution is -2.45. The summed E-state index contributed by atoms with van der Waals surface area (Å²) in [6, 6.07) is 13.6. The molecule has 0 saturated carbocycles. The van der Waals surface area contributed by atoms with Crippen molar-refractivity contribution in [1.29, 1.82) is 0 Å². The van der Waals surface area contributed by atoms with E-state index in [1.807, 2.05) is 36.4 Å². The number of thiophene rings is 1. The Morgan fingerprint density at radius 1 is 1.23 bits per heavy atom. The first-order valence-corrected chi connectivity index (χ1v) is 10.5. The Bertz CT molecular complexity index is 794. The van der Waals surface area contributed by atoms with E-state index in [0.29, 0.717) is 0 Å². The first-order valence-electron chi connectivity index (χ1n) is 8.71. The average molecular weight is 385 g/mol. The predicted molar refractivity (Wildman–Crippen MR) is 108 cm³/mol. The molecule has 2 aromatic rings. The minimum Gasteiger partial charge on any atom is -0.496 e. The van der Waals surface area contributed by atoms with Gasteiger partial charge in [-0.1, -0.05) is 48.2 Å². The maximum Gasteiger partial charge on any atom is 0.178 e. The smallest absolute Gasteiger partial charge is 0.178 e. The van der Waals surface area contributed by atoms with E-state index in [0.717, 1.165) is 30.1 Å². The van der Waals surface area contributed by atoms with Gasteiger partial charge in [0.25, 0.3) is 0 Å². The second-order valence-electron chi connectivity index (χ2n) is 6.24. The zero-order chi connectivity index (χ0) is 17.8. The minimum atomic E-state index is -0.220. The number of nitrogens with zero attached hydrogens (tertiary/aromatic N) is 1. The molecule has 3 atom stereocenters. The summed E-state index contributed by atoms with van der Waals surface area (Å²) in [7, 11) is 0. The number of carbonyl (C=O) groups excluding carboxylic acids is 1. The van der Waals surface area contributed by atoms with Crippen molar-refractivity contribution in [2.24, 2.45) is 4.99 Å². The van der Waals surface area contributed by atoms with Gasteiger partial charge in [0.15, 0.2) is 11.0 Å². The minimum absolute atomic E-state index is 0.0230. The third kappa shape index (κ3) is 3.86. The highest BCUT2D eigenvalue weighted by molar-refractivity contribution is 8.15. The number of benzene rings is 1. The number of rotatable bonds is 6. The molecule has 1 saturated heterocycles. The number of hydrogen-bond acceptors (Lipinski definition) is 5. The largest absolute Gasteiger partial charge is 0.496 e. The zero-order valence-corrected chi connectivity index (χ0v) is 15.8. The molecule has 2 aliphatic heterocycles. The number of hydrogen-bond donors (Lipinski definition) is 1. The van der Waals surface area contributed by atoms with Crippen molar-refractivity contribution in [3.05, 3.63) is 70.6 Å². The standard InChI is InChI=1S/C20H20N2O2S2/c23-18(14-6-2-1-3-7-14)19-17(16-9-4-12-24-16)22-20(26-19)21-11-10-15-8-5-13-25-15/h1-8,12-13,16-17,19H,9-11H2,(H,21,22). The van der Waals surface area contributed by atoms with Gasteiger partial charge in [0.05, 0.1) is 17.6 Å². The molecule has 0 amide bonds. The molecule has 134 valence electrons. The molecule has 1 aromatic heterocycles. The molecule has 0 radical (unpaired) electrons. The van der Waals surface area contributed by atoms with Gasteiger partial charge in [-0.05, 0) is 17.5 Å². The SMILES string of the molecule is O=C(c1ccccc1)C1SC(=NCCc2cccs2)NC1C1CC=CO1. The Balaban J connectivity index is 1.48. The molecule has 4 rings (SSSR count). The van der Waals surface area contributed by atoms with Crippen molar-refractivity contribution in [3.8, 4) is 0 Å². The van der Waals surface area contributed by atoms with Gasteiger partial charge in [0.1, 0.15) is 6.10 Å². The summed E-state index contributed by atoms with van der Waals surface area (Å²) in [6.07, 6.45) is 5.46. The predicted octanol–water partition coefficient (Wildman–Crippen LogP) is 3.91. The first-order chi connectivity index (χ1) is 12.8. The van der Waals surface area contributed by atoms with Crippen molar-refractivity contribution in [1.82, 2.24) is 5.32 Å². The van der Waals surface area contributed by atoms with Gasteiger partial charge in [-0.2, -0.15) is 0 Å². The van der Waals surface area contributed by atoms with Gasteiger partial charge in [0.2, 0.25) is 0 Å². The van der Waals surface area contributed by atoms with Gasteiger partial charge < -0.3 is 10.1 Å². The maximum atomic E-state index is 13.0. The van der Waals surface area contributed by atoms with Crippen LogP contribution in [-0.4, -0.2) is 34.9 Å². The third-order valence-electron chi connectivity index (χ3n) is 4.48. The van der Waals surface area contributed by atoms with Gasteiger partial charge in [-0.25, -0.2) is 0 Å². The van der Waals surface area contributed by atoms with Crippen molar-refractivity contribution in [3.63, 3.8) is 0 Å². The first kappa shape index (κ1) is 17.4. The molecule has 0 bridgehead atoms. The van der Waals surface area contributed by atoms with Gasteiger partial charge >= 0.3 is 0 Å². The molecule has 0 spiro atoms. The van der Waals surface area contributed by atoms with Crippen LogP contribution in [-0.2, 0) is 11.2 Å². The Morgan fingerprint density at radius 3 is 2.85 bits per heavy atom. The lowest BCUT2D eigenvalue weighted by Gasteiger charge is -2.23. The second-order valence-corrected chi connectivity index (χ2v) is 8.40. The summed E-state index contributed by atoms with van der Waals surface area (Å²) in [6.45, 7) is 0.721. The number of ether oxygens (including phenoxy) is 1. The number of thioether (sulfide) groups is 1. The van der Waals surface area contributed by atoms with Crippen molar-refractivity contribution < 1.29 is 9.53 Å². The number of Topliss-reactive ketones (excluding diaryl/α,β-unsaturated/α-hetero) is 1. The summed E-state index contributed by atoms with van der Waals surface area (Å²) < 4.78 is 5.70. The Hall–Kier alpha value is -2.05. The molecule has 2 aliphatic rings. The Kier molecular flexibility index (Phi) is 5.41. The number of ketones is 1. The molecule has 26 heavy (non-hydrogen) atoms. The van der Waals surface area contributed by atoms with E-state index in [1.54, 1.807) is 17.6 Å². The molecule has 3 heterocycles. The number of amidine groups is 1. The number of aliphatic imine (C=N–C) groups is 1. The Labute approximate surface area is 161 Å². The molecular formula is C20H20N2O2S2. The highest BCUT2D eigenvalue weighted by Crippen LogP contribution is 2.32.